The fourth-order valence-electron chi connectivity index (χ4n) is 3.58. The summed E-state index contributed by atoms with van der Waals surface area (Å²) in [7, 11) is -3.35. The Balaban J connectivity index is 1.68. The third-order valence-electron chi connectivity index (χ3n) is 5.10. The van der Waals surface area contributed by atoms with Gasteiger partial charge in [0.1, 0.15) is 17.7 Å². The van der Waals surface area contributed by atoms with E-state index in [0.717, 1.165) is 23.4 Å². The van der Waals surface area contributed by atoms with Gasteiger partial charge in [0.2, 0.25) is 0 Å². The monoisotopic (exact) mass is 433 g/mol. The molecule has 4 nitrogen and oxygen atoms in total. The molecule has 3 aromatic carbocycles. The van der Waals surface area contributed by atoms with Gasteiger partial charge >= 0.3 is 0 Å². The van der Waals surface area contributed by atoms with Crippen molar-refractivity contribution >= 4 is 9.84 Å². The molecule has 0 aliphatic carbocycles. The zero-order chi connectivity index (χ0) is 21.6. The van der Waals surface area contributed by atoms with Gasteiger partial charge in [0, 0.05) is 17.9 Å². The second kappa shape index (κ2) is 7.45. The molecule has 1 aliphatic heterocycles. The maximum atomic E-state index is 14.2. The van der Waals surface area contributed by atoms with Crippen molar-refractivity contribution in [3.8, 4) is 16.9 Å². The zero-order valence-corrected chi connectivity index (χ0v) is 16.7. The first-order chi connectivity index (χ1) is 14.1. The van der Waals surface area contributed by atoms with Crippen molar-refractivity contribution < 1.29 is 26.3 Å². The van der Waals surface area contributed by atoms with E-state index >= 15 is 0 Å². The van der Waals surface area contributed by atoms with E-state index in [9.17, 15) is 21.6 Å². The van der Waals surface area contributed by atoms with Crippen molar-refractivity contribution in [2.45, 2.75) is 23.5 Å². The van der Waals surface area contributed by atoms with Gasteiger partial charge in [-0.05, 0) is 53.4 Å². The number of ether oxygens (including phenoxy) is 1. The van der Waals surface area contributed by atoms with Crippen molar-refractivity contribution in [2.75, 3.05) is 6.26 Å². The van der Waals surface area contributed by atoms with E-state index < -0.39 is 39.4 Å². The van der Waals surface area contributed by atoms with Crippen LogP contribution in [0.4, 0.5) is 13.2 Å². The maximum Gasteiger partial charge on any atom is 0.175 e. The van der Waals surface area contributed by atoms with Gasteiger partial charge in [-0.25, -0.2) is 21.6 Å². The summed E-state index contributed by atoms with van der Waals surface area (Å²) >= 11 is 0. The Morgan fingerprint density at radius 2 is 1.63 bits per heavy atom. The van der Waals surface area contributed by atoms with Gasteiger partial charge in [-0.1, -0.05) is 18.2 Å². The van der Waals surface area contributed by atoms with E-state index in [4.69, 9.17) is 10.5 Å². The number of hydrogen-bond acceptors (Lipinski definition) is 4. The summed E-state index contributed by atoms with van der Waals surface area (Å²) in [4.78, 5) is 0.208. The normalized spacial score (nSPS) is 18.6. The fraction of sp³-hybridized carbons (Fsp3) is 0.182. The van der Waals surface area contributed by atoms with Crippen molar-refractivity contribution in [3.63, 3.8) is 0 Å². The van der Waals surface area contributed by atoms with Crippen LogP contribution >= 0.6 is 0 Å². The summed E-state index contributed by atoms with van der Waals surface area (Å²) in [6, 6.07) is 12.4. The summed E-state index contributed by atoms with van der Waals surface area (Å²) in [6.45, 7) is 0. The van der Waals surface area contributed by atoms with E-state index in [-0.39, 0.29) is 10.5 Å². The Morgan fingerprint density at radius 1 is 0.933 bits per heavy atom. The topological polar surface area (TPSA) is 69.4 Å². The molecule has 2 atom stereocenters. The Bertz CT molecular complexity index is 1240. The summed E-state index contributed by atoms with van der Waals surface area (Å²) < 4.78 is 70.5. The first-order valence-electron chi connectivity index (χ1n) is 9.13. The number of rotatable bonds is 3. The predicted octanol–water partition coefficient (Wildman–Crippen LogP) is 4.18. The molecule has 0 fully saturated rings. The number of nitrogens with two attached hydrogens (primary N) is 1. The zero-order valence-electron chi connectivity index (χ0n) is 15.9. The minimum Gasteiger partial charge on any atom is -0.484 e. The quantitative estimate of drug-likeness (QED) is 0.630. The van der Waals surface area contributed by atoms with Crippen LogP contribution in [0, 0.1) is 17.5 Å². The molecular weight excluding hydrogens is 415 g/mol. The molecule has 2 N–H and O–H groups in total. The Labute approximate surface area is 172 Å². The molecule has 3 aromatic rings. The summed E-state index contributed by atoms with van der Waals surface area (Å²) in [5, 5.41) is 0. The van der Waals surface area contributed by atoms with E-state index in [1.165, 1.54) is 6.07 Å². The number of sulfone groups is 1. The summed E-state index contributed by atoms with van der Waals surface area (Å²) in [5.41, 5.74) is 8.26. The minimum atomic E-state index is -3.35. The molecule has 1 heterocycles. The van der Waals surface area contributed by atoms with Crippen LogP contribution in [0.1, 0.15) is 17.2 Å². The standard InChI is InChI=1S/C22H18F3NO3S/c1-30(27,28)15-4-2-3-12(8-15)13-5-6-21-14(7-13)9-20(26)22(29-21)16-10-18(24)19(25)11-17(16)23/h2-8,10-11,20,22H,9,26H2,1H3. The number of hydrogen-bond donors (Lipinski definition) is 1. The van der Waals surface area contributed by atoms with Gasteiger partial charge in [-0.3, -0.25) is 0 Å². The highest BCUT2D eigenvalue weighted by atomic mass is 32.2. The van der Waals surface area contributed by atoms with E-state index in [0.29, 0.717) is 23.8 Å². The second-order valence-corrected chi connectivity index (χ2v) is 9.33. The molecular formula is C22H18F3NO3S. The Morgan fingerprint density at radius 3 is 2.37 bits per heavy atom. The lowest BCUT2D eigenvalue weighted by molar-refractivity contribution is 0.148. The van der Waals surface area contributed by atoms with Crippen molar-refractivity contribution in [3.05, 3.63) is 83.2 Å². The van der Waals surface area contributed by atoms with Gasteiger partial charge in [0.25, 0.3) is 0 Å². The van der Waals surface area contributed by atoms with E-state index in [2.05, 4.69) is 0 Å². The average molecular weight is 433 g/mol. The highest BCUT2D eigenvalue weighted by Crippen LogP contribution is 2.38. The molecule has 0 radical (unpaired) electrons. The lowest BCUT2D eigenvalue weighted by Gasteiger charge is -2.32. The second-order valence-electron chi connectivity index (χ2n) is 7.32. The number of fused-ring (bicyclic) bond motifs is 1. The van der Waals surface area contributed by atoms with Crippen LogP contribution in [-0.2, 0) is 16.3 Å². The molecule has 1 aliphatic rings. The first kappa shape index (κ1) is 20.4. The maximum absolute atomic E-state index is 14.2. The van der Waals surface area contributed by atoms with Gasteiger partial charge < -0.3 is 10.5 Å². The van der Waals surface area contributed by atoms with Crippen LogP contribution in [-0.4, -0.2) is 20.7 Å². The van der Waals surface area contributed by atoms with Gasteiger partial charge in [-0.2, -0.15) is 0 Å². The van der Waals surface area contributed by atoms with Crippen molar-refractivity contribution in [2.24, 2.45) is 5.73 Å². The fourth-order valence-corrected chi connectivity index (χ4v) is 4.24. The molecule has 8 heteroatoms. The van der Waals surface area contributed by atoms with Gasteiger partial charge in [-0.15, -0.1) is 0 Å². The average Bonchev–Trinajstić information content (AvgIpc) is 2.69. The van der Waals surface area contributed by atoms with Gasteiger partial charge in [0.15, 0.2) is 21.5 Å². The molecule has 0 bridgehead atoms. The molecule has 2 unspecified atom stereocenters. The van der Waals surface area contributed by atoms with Gasteiger partial charge in [0.05, 0.1) is 10.9 Å². The molecule has 0 spiro atoms. The predicted molar refractivity (Wildman–Crippen MR) is 106 cm³/mol. The molecule has 0 saturated carbocycles. The van der Waals surface area contributed by atoms with Crippen LogP contribution in [0.2, 0.25) is 0 Å². The lowest BCUT2D eigenvalue weighted by atomic mass is 9.91. The first-order valence-corrected chi connectivity index (χ1v) is 11.0. The van der Waals surface area contributed by atoms with Crippen LogP contribution < -0.4 is 10.5 Å². The van der Waals surface area contributed by atoms with Crippen molar-refractivity contribution in [1.29, 1.82) is 0 Å². The minimum absolute atomic E-state index is 0.142. The van der Waals surface area contributed by atoms with E-state index in [1.54, 1.807) is 30.3 Å². The Kier molecular flexibility index (Phi) is 5.07. The highest BCUT2D eigenvalue weighted by molar-refractivity contribution is 7.90. The van der Waals surface area contributed by atoms with Crippen LogP contribution in [0.25, 0.3) is 11.1 Å². The molecule has 0 aromatic heterocycles. The number of halogens is 3. The SMILES string of the molecule is CS(=O)(=O)c1cccc(-c2ccc3c(c2)CC(N)C(c2cc(F)c(F)cc2F)O3)c1. The molecule has 0 saturated heterocycles. The van der Waals surface area contributed by atoms with Crippen LogP contribution in [0.5, 0.6) is 5.75 Å². The molecule has 30 heavy (non-hydrogen) atoms. The highest BCUT2D eigenvalue weighted by Gasteiger charge is 2.32. The number of benzene rings is 3. The van der Waals surface area contributed by atoms with Crippen molar-refractivity contribution in [1.82, 2.24) is 0 Å². The molecule has 0 amide bonds. The largest absolute Gasteiger partial charge is 0.484 e. The van der Waals surface area contributed by atoms with Crippen LogP contribution in [0.15, 0.2) is 59.5 Å². The summed E-state index contributed by atoms with van der Waals surface area (Å²) in [6.07, 6.45) is 0.494. The summed E-state index contributed by atoms with van der Waals surface area (Å²) in [5.74, 6) is -2.92. The smallest absolute Gasteiger partial charge is 0.175 e. The van der Waals surface area contributed by atoms with Crippen LogP contribution in [0.3, 0.4) is 0 Å². The van der Waals surface area contributed by atoms with E-state index in [1.807, 2.05) is 6.07 Å². The third-order valence-corrected chi connectivity index (χ3v) is 6.21. The third kappa shape index (κ3) is 3.80. The lowest BCUT2D eigenvalue weighted by Crippen LogP contribution is -2.38. The Hall–Kier alpha value is -2.84. The molecule has 4 rings (SSSR count). The molecule has 156 valence electrons.